The molecule has 0 fully saturated rings. The summed E-state index contributed by atoms with van der Waals surface area (Å²) in [5.41, 5.74) is 3.19. The van der Waals surface area contributed by atoms with E-state index in [0.29, 0.717) is 12.5 Å². The van der Waals surface area contributed by atoms with Crippen molar-refractivity contribution in [3.63, 3.8) is 0 Å². The lowest BCUT2D eigenvalue weighted by atomic mass is 10.1. The Bertz CT molecular complexity index is 865. The van der Waals surface area contributed by atoms with E-state index in [-0.39, 0.29) is 0 Å². The maximum Gasteiger partial charge on any atom is 0.191 e. The molecule has 0 saturated heterocycles. The van der Waals surface area contributed by atoms with Crippen LogP contribution in [0.1, 0.15) is 36.8 Å². The van der Waals surface area contributed by atoms with Gasteiger partial charge in [-0.2, -0.15) is 5.10 Å². The summed E-state index contributed by atoms with van der Waals surface area (Å²) in [6.07, 6.45) is 4.80. The molecule has 7 heteroatoms. The lowest BCUT2D eigenvalue weighted by Gasteiger charge is -2.10. The Morgan fingerprint density at radius 3 is 2.74 bits per heavy atom. The highest BCUT2D eigenvalue weighted by Crippen LogP contribution is 2.13. The van der Waals surface area contributed by atoms with Crippen LogP contribution in [0.2, 0.25) is 0 Å². The first-order chi connectivity index (χ1) is 13.2. The molecular formula is C20H26N6O. The van der Waals surface area contributed by atoms with Gasteiger partial charge in [-0.3, -0.25) is 4.99 Å². The number of benzene rings is 1. The number of nitrogens with zero attached hydrogens (tertiary/aromatic N) is 4. The molecule has 2 N–H and O–H groups in total. The predicted molar refractivity (Wildman–Crippen MR) is 106 cm³/mol. The Kier molecular flexibility index (Phi) is 6.25. The topological polar surface area (TPSA) is 80.3 Å². The first-order valence-electron chi connectivity index (χ1n) is 9.14. The number of aliphatic imine (C=N–C) groups is 1. The maximum absolute atomic E-state index is 5.33. The van der Waals surface area contributed by atoms with Crippen LogP contribution in [0.3, 0.4) is 0 Å². The molecule has 3 rings (SSSR count). The van der Waals surface area contributed by atoms with E-state index < -0.39 is 0 Å². The summed E-state index contributed by atoms with van der Waals surface area (Å²) in [5.74, 6) is 1.88. The van der Waals surface area contributed by atoms with Crippen LogP contribution in [-0.4, -0.2) is 34.5 Å². The third-order valence-corrected chi connectivity index (χ3v) is 4.19. The molecule has 0 spiro atoms. The fraction of sp³-hybridized carbons (Fsp3) is 0.350. The smallest absolute Gasteiger partial charge is 0.191 e. The predicted octanol–water partition coefficient (Wildman–Crippen LogP) is 2.89. The molecule has 1 aromatic carbocycles. The Balaban J connectivity index is 1.45. The summed E-state index contributed by atoms with van der Waals surface area (Å²) in [5, 5.41) is 15.0. The van der Waals surface area contributed by atoms with Crippen LogP contribution in [0.25, 0.3) is 5.69 Å². The molecule has 0 amide bonds. The minimum Gasteiger partial charge on any atom is -0.359 e. The molecule has 0 bridgehead atoms. The third-order valence-electron chi connectivity index (χ3n) is 4.19. The summed E-state index contributed by atoms with van der Waals surface area (Å²) in [7, 11) is 1.75. The van der Waals surface area contributed by atoms with E-state index in [1.54, 1.807) is 7.05 Å². The molecule has 142 valence electrons. The van der Waals surface area contributed by atoms with Crippen molar-refractivity contribution < 1.29 is 4.52 Å². The molecular weight excluding hydrogens is 340 g/mol. The van der Waals surface area contributed by atoms with Crippen molar-refractivity contribution in [2.45, 2.75) is 32.7 Å². The van der Waals surface area contributed by atoms with Gasteiger partial charge in [0.15, 0.2) is 11.7 Å². The van der Waals surface area contributed by atoms with Gasteiger partial charge in [-0.1, -0.05) is 37.2 Å². The van der Waals surface area contributed by atoms with Gasteiger partial charge >= 0.3 is 0 Å². The van der Waals surface area contributed by atoms with Crippen molar-refractivity contribution in [3.8, 4) is 5.69 Å². The van der Waals surface area contributed by atoms with Crippen molar-refractivity contribution in [1.82, 2.24) is 25.6 Å². The van der Waals surface area contributed by atoms with Gasteiger partial charge in [0, 0.05) is 25.9 Å². The van der Waals surface area contributed by atoms with Crippen LogP contribution in [0.5, 0.6) is 0 Å². The molecule has 0 saturated carbocycles. The highest BCUT2D eigenvalue weighted by Gasteiger charge is 2.08. The summed E-state index contributed by atoms with van der Waals surface area (Å²) in [6, 6.07) is 12.1. The van der Waals surface area contributed by atoms with Gasteiger partial charge in [-0.05, 0) is 30.0 Å². The minimum absolute atomic E-state index is 0.358. The van der Waals surface area contributed by atoms with Crippen molar-refractivity contribution in [2.24, 2.45) is 4.99 Å². The Labute approximate surface area is 159 Å². The van der Waals surface area contributed by atoms with Crippen LogP contribution < -0.4 is 10.6 Å². The lowest BCUT2D eigenvalue weighted by molar-refractivity contribution is 0.372. The van der Waals surface area contributed by atoms with E-state index in [4.69, 9.17) is 4.52 Å². The fourth-order valence-corrected chi connectivity index (χ4v) is 2.61. The van der Waals surface area contributed by atoms with Crippen LogP contribution in [0.15, 0.2) is 58.3 Å². The summed E-state index contributed by atoms with van der Waals surface area (Å²) in [4.78, 5) is 4.24. The average Bonchev–Trinajstić information content (AvgIpc) is 3.35. The molecule has 27 heavy (non-hydrogen) atoms. The van der Waals surface area contributed by atoms with Gasteiger partial charge in [0.1, 0.15) is 0 Å². The number of aromatic nitrogens is 3. The van der Waals surface area contributed by atoms with Crippen LogP contribution in [0, 0.1) is 0 Å². The normalized spacial score (nSPS) is 11.8. The van der Waals surface area contributed by atoms with E-state index in [1.165, 1.54) is 5.56 Å². The van der Waals surface area contributed by atoms with E-state index in [9.17, 15) is 0 Å². The maximum atomic E-state index is 5.33. The molecule has 3 aromatic rings. The third kappa shape index (κ3) is 5.20. The summed E-state index contributed by atoms with van der Waals surface area (Å²) >= 11 is 0. The SMILES string of the molecule is CN=C(NCCc1cnn(-c2ccccc2)c1)NCc1cc(C(C)C)no1. The van der Waals surface area contributed by atoms with Gasteiger partial charge in [0.2, 0.25) is 0 Å². The number of rotatable bonds is 7. The highest BCUT2D eigenvalue weighted by atomic mass is 16.5. The first-order valence-corrected chi connectivity index (χ1v) is 9.14. The van der Waals surface area contributed by atoms with Gasteiger partial charge in [-0.15, -0.1) is 0 Å². The molecule has 0 aliphatic rings. The molecule has 2 aromatic heterocycles. The number of hydrogen-bond acceptors (Lipinski definition) is 4. The van der Waals surface area contributed by atoms with Gasteiger partial charge in [0.25, 0.3) is 0 Å². The second-order valence-electron chi connectivity index (χ2n) is 6.60. The van der Waals surface area contributed by atoms with Crippen molar-refractivity contribution in [3.05, 3.63) is 65.8 Å². The first kappa shape index (κ1) is 18.7. The van der Waals surface area contributed by atoms with E-state index >= 15 is 0 Å². The van der Waals surface area contributed by atoms with Crippen molar-refractivity contribution >= 4 is 5.96 Å². The molecule has 2 heterocycles. The molecule has 7 nitrogen and oxygen atoms in total. The van der Waals surface area contributed by atoms with Gasteiger partial charge in [-0.25, -0.2) is 4.68 Å². The summed E-state index contributed by atoms with van der Waals surface area (Å²) < 4.78 is 7.22. The zero-order valence-electron chi connectivity index (χ0n) is 16.0. The highest BCUT2D eigenvalue weighted by molar-refractivity contribution is 5.79. The monoisotopic (exact) mass is 366 g/mol. The molecule has 0 radical (unpaired) electrons. The van der Waals surface area contributed by atoms with E-state index in [1.807, 2.05) is 47.3 Å². The minimum atomic E-state index is 0.358. The number of hydrogen-bond donors (Lipinski definition) is 2. The van der Waals surface area contributed by atoms with Gasteiger partial charge in [0.05, 0.1) is 24.1 Å². The van der Waals surface area contributed by atoms with Crippen LogP contribution >= 0.6 is 0 Å². The standard InChI is InChI=1S/C20H26N6O/c1-15(2)19-11-18(27-25-19)13-23-20(21-3)22-10-9-16-12-24-26(14-16)17-7-5-4-6-8-17/h4-8,11-12,14-15H,9-10,13H2,1-3H3,(H2,21,22,23). The van der Waals surface area contributed by atoms with Crippen LogP contribution in [-0.2, 0) is 13.0 Å². The second kappa shape index (κ2) is 9.02. The molecule has 0 aliphatic carbocycles. The zero-order chi connectivity index (χ0) is 19.1. The number of para-hydroxylation sites is 1. The Hall–Kier alpha value is -3.09. The quantitative estimate of drug-likeness (QED) is 0.496. The second-order valence-corrected chi connectivity index (χ2v) is 6.60. The largest absolute Gasteiger partial charge is 0.359 e. The van der Waals surface area contributed by atoms with E-state index in [2.05, 4.69) is 45.9 Å². The van der Waals surface area contributed by atoms with Crippen LogP contribution in [0.4, 0.5) is 0 Å². The molecule has 0 unspecified atom stereocenters. The summed E-state index contributed by atoms with van der Waals surface area (Å²) in [6.45, 7) is 5.49. The number of guanidine groups is 1. The molecule has 0 aliphatic heterocycles. The van der Waals surface area contributed by atoms with Crippen molar-refractivity contribution in [1.29, 1.82) is 0 Å². The Morgan fingerprint density at radius 2 is 2.04 bits per heavy atom. The fourth-order valence-electron chi connectivity index (χ4n) is 2.61. The average molecular weight is 366 g/mol. The zero-order valence-corrected chi connectivity index (χ0v) is 16.0. The van der Waals surface area contributed by atoms with E-state index in [0.717, 1.165) is 36.1 Å². The van der Waals surface area contributed by atoms with Crippen molar-refractivity contribution in [2.75, 3.05) is 13.6 Å². The Morgan fingerprint density at radius 1 is 1.22 bits per heavy atom. The number of nitrogens with one attached hydrogen (secondary N) is 2. The lowest BCUT2D eigenvalue weighted by Crippen LogP contribution is -2.37. The van der Waals surface area contributed by atoms with Gasteiger partial charge < -0.3 is 15.2 Å². The molecule has 0 atom stereocenters.